The van der Waals surface area contributed by atoms with Crippen molar-refractivity contribution in [2.24, 2.45) is 0 Å². The number of nitrogens with zero attached hydrogens (tertiary/aromatic N) is 5. The van der Waals surface area contributed by atoms with E-state index >= 15 is 0 Å². The number of rotatable bonds is 5. The Morgan fingerprint density at radius 2 is 1.86 bits per heavy atom. The Morgan fingerprint density at radius 3 is 2.61 bits per heavy atom. The van der Waals surface area contributed by atoms with Gasteiger partial charge in [-0.1, -0.05) is 0 Å². The van der Waals surface area contributed by atoms with Crippen LogP contribution in [0.4, 0.5) is 16.2 Å². The van der Waals surface area contributed by atoms with Gasteiger partial charge in [0, 0.05) is 18.9 Å². The summed E-state index contributed by atoms with van der Waals surface area (Å²) in [7, 11) is -3.77. The molecule has 4 rings (SSSR count). The summed E-state index contributed by atoms with van der Waals surface area (Å²) in [6.45, 7) is 0.367. The van der Waals surface area contributed by atoms with Gasteiger partial charge in [0.15, 0.2) is 5.82 Å². The van der Waals surface area contributed by atoms with Crippen LogP contribution in [0.25, 0.3) is 0 Å². The maximum absolute atomic E-state index is 13.2. The van der Waals surface area contributed by atoms with E-state index in [1.54, 1.807) is 24.7 Å². The van der Waals surface area contributed by atoms with E-state index in [-0.39, 0.29) is 4.90 Å². The number of anilines is 2. The second-order valence-corrected chi connectivity index (χ2v) is 8.14. The van der Waals surface area contributed by atoms with E-state index in [0.717, 1.165) is 12.1 Å². The number of nitrogens with one attached hydrogen (secondary N) is 1. The molecule has 8 nitrogen and oxygen atoms in total. The fraction of sp³-hybridized carbons (Fsp3) is 0.222. The molecule has 1 aliphatic heterocycles. The Bertz CT molecular complexity index is 1060. The Hall–Kier alpha value is -2.98. The smallest absolute Gasteiger partial charge is 0.243 e. The monoisotopic (exact) mass is 400 g/mol. The Morgan fingerprint density at radius 1 is 1.11 bits per heavy atom. The van der Waals surface area contributed by atoms with Gasteiger partial charge in [-0.15, -0.1) is 0 Å². The maximum Gasteiger partial charge on any atom is 0.243 e. The highest BCUT2D eigenvalue weighted by Gasteiger charge is 2.37. The van der Waals surface area contributed by atoms with Gasteiger partial charge in [0.05, 0.1) is 29.0 Å². The lowest BCUT2D eigenvalue weighted by atomic mass is 10.2. The Kier molecular flexibility index (Phi) is 4.97. The first-order chi connectivity index (χ1) is 13.5. The third kappa shape index (κ3) is 3.69. The van der Waals surface area contributed by atoms with Crippen molar-refractivity contribution >= 4 is 21.8 Å². The van der Waals surface area contributed by atoms with Gasteiger partial charge in [0.1, 0.15) is 5.82 Å². The molecular formula is C18H17FN6O2S. The molecule has 1 aliphatic rings. The first-order valence-corrected chi connectivity index (χ1v) is 10.1. The van der Waals surface area contributed by atoms with Gasteiger partial charge in [-0.2, -0.15) is 4.31 Å². The second kappa shape index (κ2) is 7.56. The van der Waals surface area contributed by atoms with Gasteiger partial charge in [0.25, 0.3) is 0 Å². The lowest BCUT2D eigenvalue weighted by Gasteiger charge is -2.23. The summed E-state index contributed by atoms with van der Waals surface area (Å²) < 4.78 is 40.6. The normalized spacial score (nSPS) is 17.5. The molecule has 10 heteroatoms. The molecule has 1 N–H and O–H groups in total. The first-order valence-electron chi connectivity index (χ1n) is 8.67. The van der Waals surface area contributed by atoms with Crippen molar-refractivity contribution in [3.63, 3.8) is 0 Å². The molecule has 0 amide bonds. The topological polar surface area (TPSA) is 101 Å². The number of sulfonamides is 1. The highest BCUT2D eigenvalue weighted by Crippen LogP contribution is 2.35. The van der Waals surface area contributed by atoms with Gasteiger partial charge in [0.2, 0.25) is 16.0 Å². The first kappa shape index (κ1) is 18.4. The molecule has 0 aliphatic carbocycles. The minimum Gasteiger partial charge on any atom is -0.307 e. The van der Waals surface area contributed by atoms with Crippen molar-refractivity contribution in [2.45, 2.75) is 23.8 Å². The van der Waals surface area contributed by atoms with Gasteiger partial charge >= 0.3 is 0 Å². The summed E-state index contributed by atoms with van der Waals surface area (Å²) in [4.78, 5) is 16.9. The van der Waals surface area contributed by atoms with Gasteiger partial charge in [-0.25, -0.2) is 27.8 Å². The van der Waals surface area contributed by atoms with Crippen molar-refractivity contribution in [2.75, 3.05) is 11.9 Å². The van der Waals surface area contributed by atoms with Crippen molar-refractivity contribution in [3.8, 4) is 0 Å². The number of benzene rings is 1. The van der Waals surface area contributed by atoms with Crippen LogP contribution in [-0.4, -0.2) is 39.2 Å². The summed E-state index contributed by atoms with van der Waals surface area (Å²) in [5.74, 6) is 0.315. The second-order valence-electron chi connectivity index (χ2n) is 6.25. The molecule has 0 unspecified atom stereocenters. The maximum atomic E-state index is 13.2. The lowest BCUT2D eigenvalue weighted by Crippen LogP contribution is -2.31. The largest absolute Gasteiger partial charge is 0.307 e. The molecule has 1 atom stereocenters. The fourth-order valence-corrected chi connectivity index (χ4v) is 4.81. The molecule has 0 spiro atoms. The highest BCUT2D eigenvalue weighted by molar-refractivity contribution is 7.89. The Labute approximate surface area is 161 Å². The SMILES string of the molecule is O=S(=O)(c1ccc(F)cc1)N1CCC[C@H]1c1cncc(Nc2ncccn2)n1. The van der Waals surface area contributed by atoms with Gasteiger partial charge in [-0.05, 0) is 43.2 Å². The molecule has 3 heterocycles. The summed E-state index contributed by atoms with van der Waals surface area (Å²) in [5, 5.41) is 2.95. The van der Waals surface area contributed by atoms with Gasteiger partial charge < -0.3 is 5.32 Å². The van der Waals surface area contributed by atoms with Crippen LogP contribution >= 0.6 is 0 Å². The van der Waals surface area contributed by atoms with Crippen molar-refractivity contribution in [1.82, 2.24) is 24.2 Å². The molecule has 2 aromatic heterocycles. The quantitative estimate of drug-likeness (QED) is 0.703. The van der Waals surface area contributed by atoms with Crippen LogP contribution in [0.1, 0.15) is 24.6 Å². The average Bonchev–Trinajstić information content (AvgIpc) is 3.20. The summed E-state index contributed by atoms with van der Waals surface area (Å²) >= 11 is 0. The fourth-order valence-electron chi connectivity index (χ4n) is 3.15. The zero-order valence-electron chi connectivity index (χ0n) is 14.7. The molecule has 1 aromatic carbocycles. The molecule has 28 heavy (non-hydrogen) atoms. The summed E-state index contributed by atoms with van der Waals surface area (Å²) in [6.07, 6.45) is 7.60. The van der Waals surface area contributed by atoms with E-state index in [4.69, 9.17) is 0 Å². The van der Waals surface area contributed by atoms with Crippen LogP contribution in [0, 0.1) is 5.82 Å². The predicted molar refractivity (Wildman–Crippen MR) is 99.6 cm³/mol. The molecule has 144 valence electrons. The predicted octanol–water partition coefficient (Wildman–Crippen LogP) is 2.68. The van der Waals surface area contributed by atoms with Gasteiger partial charge in [-0.3, -0.25) is 4.98 Å². The zero-order valence-corrected chi connectivity index (χ0v) is 15.6. The zero-order chi connectivity index (χ0) is 19.6. The van der Waals surface area contributed by atoms with Crippen molar-refractivity contribution in [3.05, 3.63) is 66.6 Å². The standard InChI is InChI=1S/C18H17FN6O2S/c19-13-4-6-14(7-5-13)28(26,27)25-10-1-3-16(25)15-11-20-12-17(23-15)24-18-21-8-2-9-22-18/h2,4-9,11-12,16H,1,3,10H2,(H,21,22,23,24)/t16-/m0/s1. The summed E-state index contributed by atoms with van der Waals surface area (Å²) in [5.41, 5.74) is 0.532. The minimum atomic E-state index is -3.77. The molecular weight excluding hydrogens is 383 g/mol. The number of halogens is 1. The van der Waals surface area contributed by atoms with E-state index in [2.05, 4.69) is 25.3 Å². The molecule has 1 saturated heterocycles. The van der Waals surface area contributed by atoms with E-state index in [0.29, 0.717) is 36.8 Å². The molecule has 0 radical (unpaired) electrons. The van der Waals surface area contributed by atoms with Crippen LogP contribution in [0.2, 0.25) is 0 Å². The third-order valence-corrected chi connectivity index (χ3v) is 6.35. The van der Waals surface area contributed by atoms with Crippen molar-refractivity contribution in [1.29, 1.82) is 0 Å². The molecule has 0 saturated carbocycles. The van der Waals surface area contributed by atoms with E-state index in [1.807, 2.05) is 0 Å². The van der Waals surface area contributed by atoms with Crippen LogP contribution in [0.3, 0.4) is 0 Å². The molecule has 1 fully saturated rings. The molecule has 0 bridgehead atoms. The Balaban J connectivity index is 1.61. The van der Waals surface area contributed by atoms with E-state index < -0.39 is 21.9 Å². The summed E-state index contributed by atoms with van der Waals surface area (Å²) in [6, 6.07) is 6.09. The number of hydrogen-bond donors (Lipinski definition) is 1. The number of hydrogen-bond acceptors (Lipinski definition) is 7. The lowest BCUT2D eigenvalue weighted by molar-refractivity contribution is 0.390. The van der Waals surface area contributed by atoms with Crippen molar-refractivity contribution < 1.29 is 12.8 Å². The van der Waals surface area contributed by atoms with Crippen LogP contribution in [0.15, 0.2) is 60.0 Å². The van der Waals surface area contributed by atoms with Crippen LogP contribution < -0.4 is 5.32 Å². The molecule has 3 aromatic rings. The van der Waals surface area contributed by atoms with Crippen LogP contribution in [-0.2, 0) is 10.0 Å². The average molecular weight is 400 g/mol. The number of aromatic nitrogens is 4. The highest BCUT2D eigenvalue weighted by atomic mass is 32.2. The van der Waals surface area contributed by atoms with E-state index in [1.165, 1.54) is 22.6 Å². The third-order valence-electron chi connectivity index (χ3n) is 4.42. The van der Waals surface area contributed by atoms with Crippen LogP contribution in [0.5, 0.6) is 0 Å². The van der Waals surface area contributed by atoms with E-state index in [9.17, 15) is 12.8 Å². The minimum absolute atomic E-state index is 0.0562.